The molecule has 0 saturated heterocycles. The van der Waals surface area contributed by atoms with Crippen molar-refractivity contribution in [3.05, 3.63) is 64.5 Å². The molecule has 0 aliphatic heterocycles. The largest absolute Gasteiger partial charge is 0.483 e. The van der Waals surface area contributed by atoms with Crippen LogP contribution in [0.4, 0.5) is 4.39 Å². The minimum absolute atomic E-state index is 0.0464. The predicted molar refractivity (Wildman–Crippen MR) is 89.1 cm³/mol. The van der Waals surface area contributed by atoms with Gasteiger partial charge in [0.2, 0.25) is 0 Å². The molecule has 2 rings (SSSR count). The molecular formula is C19H22FNO2. The summed E-state index contributed by atoms with van der Waals surface area (Å²) in [6.07, 6.45) is 0. The number of halogens is 1. The van der Waals surface area contributed by atoms with E-state index in [1.54, 1.807) is 12.1 Å². The van der Waals surface area contributed by atoms with E-state index in [2.05, 4.69) is 11.4 Å². The Kier molecular flexibility index (Phi) is 5.37. The zero-order chi connectivity index (χ0) is 17.0. The highest BCUT2D eigenvalue weighted by Crippen LogP contribution is 2.23. The molecule has 122 valence electrons. The summed E-state index contributed by atoms with van der Waals surface area (Å²) >= 11 is 0. The first-order valence-electron chi connectivity index (χ1n) is 7.62. The molecule has 0 spiro atoms. The summed E-state index contributed by atoms with van der Waals surface area (Å²) in [5.41, 5.74) is 4.13. The van der Waals surface area contributed by atoms with E-state index in [9.17, 15) is 9.18 Å². The molecule has 2 aromatic rings. The van der Waals surface area contributed by atoms with Crippen molar-refractivity contribution in [2.75, 3.05) is 6.61 Å². The van der Waals surface area contributed by atoms with E-state index >= 15 is 0 Å². The van der Waals surface area contributed by atoms with Gasteiger partial charge < -0.3 is 10.1 Å². The molecule has 0 saturated carbocycles. The van der Waals surface area contributed by atoms with Crippen LogP contribution in [0.15, 0.2) is 36.4 Å². The van der Waals surface area contributed by atoms with Crippen LogP contribution >= 0.6 is 0 Å². The molecule has 0 aromatic heterocycles. The Morgan fingerprint density at radius 1 is 1.17 bits per heavy atom. The molecule has 0 unspecified atom stereocenters. The van der Waals surface area contributed by atoms with Gasteiger partial charge in [0.05, 0.1) is 6.04 Å². The SMILES string of the molecule is Cc1cc(C)c(C)c(OCC(=O)N[C@H](C)c2ccc(F)cc2)c1. The van der Waals surface area contributed by atoms with Gasteiger partial charge in [-0.3, -0.25) is 4.79 Å². The summed E-state index contributed by atoms with van der Waals surface area (Å²) in [4.78, 5) is 12.0. The third-order valence-electron chi connectivity index (χ3n) is 3.87. The van der Waals surface area contributed by atoms with Crippen LogP contribution in [0.3, 0.4) is 0 Å². The van der Waals surface area contributed by atoms with Crippen molar-refractivity contribution < 1.29 is 13.9 Å². The quantitative estimate of drug-likeness (QED) is 0.905. The maximum atomic E-state index is 12.9. The molecule has 0 bridgehead atoms. The lowest BCUT2D eigenvalue weighted by Gasteiger charge is -2.16. The molecule has 1 N–H and O–H groups in total. The van der Waals surface area contributed by atoms with Crippen LogP contribution in [0, 0.1) is 26.6 Å². The summed E-state index contributed by atoms with van der Waals surface area (Å²) < 4.78 is 18.6. The van der Waals surface area contributed by atoms with Crippen LogP contribution in [-0.2, 0) is 4.79 Å². The maximum Gasteiger partial charge on any atom is 0.258 e. The van der Waals surface area contributed by atoms with E-state index in [1.165, 1.54) is 12.1 Å². The normalized spacial score (nSPS) is 11.9. The van der Waals surface area contributed by atoms with Crippen LogP contribution in [-0.4, -0.2) is 12.5 Å². The lowest BCUT2D eigenvalue weighted by atomic mass is 10.1. The van der Waals surface area contributed by atoms with E-state index in [0.29, 0.717) is 0 Å². The summed E-state index contributed by atoms with van der Waals surface area (Å²) in [6, 6.07) is 9.90. The van der Waals surface area contributed by atoms with Gasteiger partial charge in [-0.15, -0.1) is 0 Å². The van der Waals surface area contributed by atoms with E-state index in [4.69, 9.17) is 4.74 Å². The molecule has 0 aliphatic carbocycles. The van der Waals surface area contributed by atoms with Gasteiger partial charge in [-0.1, -0.05) is 18.2 Å². The van der Waals surface area contributed by atoms with Gasteiger partial charge in [0.1, 0.15) is 11.6 Å². The van der Waals surface area contributed by atoms with Crippen molar-refractivity contribution in [1.29, 1.82) is 0 Å². The first-order chi connectivity index (χ1) is 10.9. The Balaban J connectivity index is 1.94. The number of nitrogens with one attached hydrogen (secondary N) is 1. The maximum absolute atomic E-state index is 12.9. The van der Waals surface area contributed by atoms with Crippen LogP contribution < -0.4 is 10.1 Å². The van der Waals surface area contributed by atoms with Gasteiger partial charge in [0.15, 0.2) is 6.61 Å². The van der Waals surface area contributed by atoms with Crippen molar-refractivity contribution in [2.45, 2.75) is 33.7 Å². The third kappa shape index (κ3) is 4.55. The Bertz CT molecular complexity index is 695. The van der Waals surface area contributed by atoms with Crippen molar-refractivity contribution in [3.8, 4) is 5.75 Å². The summed E-state index contributed by atoms with van der Waals surface area (Å²) in [5, 5.41) is 2.85. The van der Waals surface area contributed by atoms with Gasteiger partial charge in [-0.2, -0.15) is 0 Å². The fraction of sp³-hybridized carbons (Fsp3) is 0.316. The summed E-state index contributed by atoms with van der Waals surface area (Å²) in [5.74, 6) is 0.230. The zero-order valence-electron chi connectivity index (χ0n) is 13.9. The number of hydrogen-bond donors (Lipinski definition) is 1. The molecule has 3 nitrogen and oxygen atoms in total. The summed E-state index contributed by atoms with van der Waals surface area (Å²) in [7, 11) is 0. The third-order valence-corrected chi connectivity index (χ3v) is 3.87. The molecule has 0 fully saturated rings. The minimum atomic E-state index is -0.291. The smallest absolute Gasteiger partial charge is 0.258 e. The molecule has 0 heterocycles. The lowest BCUT2D eigenvalue weighted by Crippen LogP contribution is -2.31. The minimum Gasteiger partial charge on any atom is -0.483 e. The molecule has 23 heavy (non-hydrogen) atoms. The number of hydrogen-bond acceptors (Lipinski definition) is 2. The van der Waals surface area contributed by atoms with Gasteiger partial charge in [-0.25, -0.2) is 4.39 Å². The van der Waals surface area contributed by atoms with Gasteiger partial charge in [-0.05, 0) is 68.1 Å². The molecule has 4 heteroatoms. The molecule has 1 atom stereocenters. The van der Waals surface area contributed by atoms with Crippen molar-refractivity contribution in [2.24, 2.45) is 0 Å². The van der Waals surface area contributed by atoms with Crippen LogP contribution in [0.2, 0.25) is 0 Å². The van der Waals surface area contributed by atoms with Crippen LogP contribution in [0.5, 0.6) is 5.75 Å². The molecule has 1 amide bonds. The first-order valence-corrected chi connectivity index (χ1v) is 7.62. The highest BCUT2D eigenvalue weighted by Gasteiger charge is 2.11. The van der Waals surface area contributed by atoms with E-state index < -0.39 is 0 Å². The van der Waals surface area contributed by atoms with Crippen molar-refractivity contribution in [1.82, 2.24) is 5.32 Å². The molecule has 0 radical (unpaired) electrons. The van der Waals surface area contributed by atoms with E-state index in [1.807, 2.05) is 33.8 Å². The van der Waals surface area contributed by atoms with Crippen LogP contribution in [0.1, 0.15) is 35.2 Å². The fourth-order valence-corrected chi connectivity index (χ4v) is 2.41. The molecular weight excluding hydrogens is 293 g/mol. The highest BCUT2D eigenvalue weighted by atomic mass is 19.1. The Morgan fingerprint density at radius 3 is 2.48 bits per heavy atom. The van der Waals surface area contributed by atoms with Crippen molar-refractivity contribution >= 4 is 5.91 Å². The monoisotopic (exact) mass is 315 g/mol. The number of carbonyl (C=O) groups excluding carboxylic acids is 1. The summed E-state index contributed by atoms with van der Waals surface area (Å²) in [6.45, 7) is 7.80. The number of benzene rings is 2. The number of amides is 1. The zero-order valence-corrected chi connectivity index (χ0v) is 13.9. The highest BCUT2D eigenvalue weighted by molar-refractivity contribution is 5.78. The lowest BCUT2D eigenvalue weighted by molar-refractivity contribution is -0.123. The number of ether oxygens (including phenoxy) is 1. The Labute approximate surface area is 136 Å². The van der Waals surface area contributed by atoms with E-state index in [0.717, 1.165) is 28.0 Å². The second-order valence-corrected chi connectivity index (χ2v) is 5.83. The fourth-order valence-electron chi connectivity index (χ4n) is 2.41. The standard InChI is InChI=1S/C19H22FNO2/c1-12-9-13(2)14(3)18(10-12)23-11-19(22)21-15(4)16-5-7-17(20)8-6-16/h5-10,15H,11H2,1-4H3,(H,21,22)/t15-/m1/s1. The first kappa shape index (κ1) is 17.0. The predicted octanol–water partition coefficient (Wildman–Crippen LogP) is 4.01. The average molecular weight is 315 g/mol. The number of aryl methyl sites for hydroxylation is 2. The molecule has 0 aliphatic rings. The number of rotatable bonds is 5. The van der Waals surface area contributed by atoms with Gasteiger partial charge in [0.25, 0.3) is 5.91 Å². The van der Waals surface area contributed by atoms with E-state index in [-0.39, 0.29) is 24.4 Å². The van der Waals surface area contributed by atoms with Gasteiger partial charge >= 0.3 is 0 Å². The van der Waals surface area contributed by atoms with Crippen LogP contribution in [0.25, 0.3) is 0 Å². The van der Waals surface area contributed by atoms with Gasteiger partial charge in [0, 0.05) is 0 Å². The van der Waals surface area contributed by atoms with Crippen molar-refractivity contribution in [3.63, 3.8) is 0 Å². The number of carbonyl (C=O) groups is 1. The average Bonchev–Trinajstić information content (AvgIpc) is 2.50. The second-order valence-electron chi connectivity index (χ2n) is 5.83. The Morgan fingerprint density at radius 2 is 1.83 bits per heavy atom. The Hall–Kier alpha value is -2.36. The second kappa shape index (κ2) is 7.27. The molecule has 2 aromatic carbocycles. The topological polar surface area (TPSA) is 38.3 Å².